The molecule has 0 spiro atoms. The van der Waals surface area contributed by atoms with Crippen LogP contribution in [-0.2, 0) is 19.1 Å². The van der Waals surface area contributed by atoms with Crippen molar-refractivity contribution in [2.45, 2.75) is 33.3 Å². The second-order valence-corrected chi connectivity index (χ2v) is 5.16. The molecule has 0 amide bonds. The summed E-state index contributed by atoms with van der Waals surface area (Å²) in [7, 11) is 0. The molecule has 2 aliphatic rings. The standard InChI is InChI=1S/C14H16O4/c1-8-7-10(16)12-11(18-9(2)15)5-4-6-14(12,3)13(8)17/h4-5,7,11-12H,6H2,1-3H3/t11-,12-,14+/m0/s1. The van der Waals surface area contributed by atoms with Gasteiger partial charge in [0.25, 0.3) is 0 Å². The van der Waals surface area contributed by atoms with Crippen LogP contribution in [0.15, 0.2) is 23.8 Å². The molecule has 0 saturated heterocycles. The van der Waals surface area contributed by atoms with Crippen molar-refractivity contribution >= 4 is 17.5 Å². The van der Waals surface area contributed by atoms with Crippen LogP contribution in [0.25, 0.3) is 0 Å². The van der Waals surface area contributed by atoms with Crippen LogP contribution in [0.5, 0.6) is 0 Å². The van der Waals surface area contributed by atoms with Crippen LogP contribution in [0, 0.1) is 11.3 Å². The van der Waals surface area contributed by atoms with Crippen molar-refractivity contribution < 1.29 is 19.1 Å². The summed E-state index contributed by atoms with van der Waals surface area (Å²) >= 11 is 0. The van der Waals surface area contributed by atoms with E-state index < -0.39 is 23.4 Å². The molecule has 4 heteroatoms. The molecule has 4 nitrogen and oxygen atoms in total. The quantitative estimate of drug-likeness (QED) is 0.522. The van der Waals surface area contributed by atoms with Crippen molar-refractivity contribution in [3.05, 3.63) is 23.8 Å². The van der Waals surface area contributed by atoms with Crippen LogP contribution in [0.3, 0.4) is 0 Å². The summed E-state index contributed by atoms with van der Waals surface area (Å²) in [6.45, 7) is 4.73. The number of allylic oxidation sites excluding steroid dienone is 3. The van der Waals surface area contributed by atoms with E-state index >= 15 is 0 Å². The van der Waals surface area contributed by atoms with Gasteiger partial charge < -0.3 is 4.74 Å². The summed E-state index contributed by atoms with van der Waals surface area (Å²) < 4.78 is 5.15. The minimum Gasteiger partial charge on any atom is -0.457 e. The van der Waals surface area contributed by atoms with E-state index in [4.69, 9.17) is 4.74 Å². The van der Waals surface area contributed by atoms with Gasteiger partial charge in [0.15, 0.2) is 11.6 Å². The average Bonchev–Trinajstić information content (AvgIpc) is 2.25. The lowest BCUT2D eigenvalue weighted by atomic mass is 9.60. The largest absolute Gasteiger partial charge is 0.457 e. The Balaban J connectivity index is 2.44. The predicted octanol–water partition coefficient (Wildman–Crippen LogP) is 1.60. The van der Waals surface area contributed by atoms with Crippen LogP contribution in [0.1, 0.15) is 27.2 Å². The van der Waals surface area contributed by atoms with Crippen molar-refractivity contribution in [1.29, 1.82) is 0 Å². The molecule has 0 saturated carbocycles. The van der Waals surface area contributed by atoms with E-state index in [2.05, 4.69) is 0 Å². The maximum atomic E-state index is 12.3. The molecule has 0 heterocycles. The van der Waals surface area contributed by atoms with Gasteiger partial charge in [-0.05, 0) is 31.1 Å². The molecule has 0 radical (unpaired) electrons. The minimum absolute atomic E-state index is 0.0337. The Morgan fingerprint density at radius 1 is 1.44 bits per heavy atom. The summed E-state index contributed by atoms with van der Waals surface area (Å²) in [5, 5.41) is 0. The Bertz CT molecular complexity index is 486. The van der Waals surface area contributed by atoms with Crippen molar-refractivity contribution in [3.8, 4) is 0 Å². The zero-order chi connectivity index (χ0) is 13.5. The molecule has 0 bridgehead atoms. The second-order valence-electron chi connectivity index (χ2n) is 5.16. The van der Waals surface area contributed by atoms with Crippen molar-refractivity contribution in [3.63, 3.8) is 0 Å². The lowest BCUT2D eigenvalue weighted by Gasteiger charge is -2.42. The third-order valence-corrected chi connectivity index (χ3v) is 3.73. The SMILES string of the molecule is CC(=O)O[C@H]1C=CC[C@@]2(C)C(=O)C(C)=CC(=O)[C@@H]12. The molecule has 0 unspecified atom stereocenters. The van der Waals surface area contributed by atoms with Crippen LogP contribution >= 0.6 is 0 Å². The van der Waals surface area contributed by atoms with Gasteiger partial charge in [0.1, 0.15) is 6.10 Å². The highest BCUT2D eigenvalue weighted by molar-refractivity contribution is 6.12. The summed E-state index contributed by atoms with van der Waals surface area (Å²) in [5.74, 6) is -1.21. The first-order valence-corrected chi connectivity index (χ1v) is 5.97. The molecule has 0 N–H and O–H groups in total. The van der Waals surface area contributed by atoms with Crippen LogP contribution in [0.2, 0.25) is 0 Å². The molecular weight excluding hydrogens is 232 g/mol. The first kappa shape index (κ1) is 12.7. The number of fused-ring (bicyclic) bond motifs is 1. The van der Waals surface area contributed by atoms with Gasteiger partial charge >= 0.3 is 5.97 Å². The van der Waals surface area contributed by atoms with Gasteiger partial charge in [-0.3, -0.25) is 14.4 Å². The summed E-state index contributed by atoms with van der Waals surface area (Å²) in [4.78, 5) is 35.5. The molecule has 0 aromatic rings. The van der Waals surface area contributed by atoms with E-state index in [0.717, 1.165) is 0 Å². The maximum Gasteiger partial charge on any atom is 0.303 e. The van der Waals surface area contributed by atoms with Gasteiger partial charge in [0.05, 0.1) is 5.92 Å². The fraction of sp³-hybridized carbons (Fsp3) is 0.500. The highest BCUT2D eigenvalue weighted by Crippen LogP contribution is 2.44. The van der Waals surface area contributed by atoms with Crippen molar-refractivity contribution in [2.75, 3.05) is 0 Å². The predicted molar refractivity (Wildman–Crippen MR) is 64.7 cm³/mol. The second kappa shape index (κ2) is 4.19. The summed E-state index contributed by atoms with van der Waals surface area (Å²) in [6, 6.07) is 0. The van der Waals surface area contributed by atoms with Gasteiger partial charge in [0, 0.05) is 12.3 Å². The Kier molecular flexibility index (Phi) is 2.97. The molecule has 0 aliphatic heterocycles. The number of rotatable bonds is 1. The fourth-order valence-electron chi connectivity index (χ4n) is 2.88. The highest BCUT2D eigenvalue weighted by atomic mass is 16.5. The summed E-state index contributed by atoms with van der Waals surface area (Å²) in [6.07, 6.45) is 4.75. The molecule has 96 valence electrons. The lowest BCUT2D eigenvalue weighted by molar-refractivity contribution is -0.155. The molecule has 2 aliphatic carbocycles. The van der Waals surface area contributed by atoms with Gasteiger partial charge in [-0.15, -0.1) is 0 Å². The minimum atomic E-state index is -0.787. The molecule has 2 rings (SSSR count). The van der Waals surface area contributed by atoms with Gasteiger partial charge in [0.2, 0.25) is 0 Å². The number of carbonyl (C=O) groups excluding carboxylic acids is 3. The van der Waals surface area contributed by atoms with Crippen molar-refractivity contribution in [2.24, 2.45) is 11.3 Å². The van der Waals surface area contributed by atoms with Gasteiger partial charge in [-0.1, -0.05) is 13.0 Å². The normalized spacial score (nSPS) is 34.9. The van der Waals surface area contributed by atoms with Crippen LogP contribution in [-0.4, -0.2) is 23.6 Å². The van der Waals surface area contributed by atoms with Gasteiger partial charge in [-0.2, -0.15) is 0 Å². The number of ketones is 2. The number of ether oxygens (including phenoxy) is 1. The van der Waals surface area contributed by atoms with E-state index in [1.807, 2.05) is 6.08 Å². The molecule has 3 atom stereocenters. The number of esters is 1. The number of Topliss-reactive ketones (excluding diaryl/α,β-unsaturated/α-hetero) is 1. The Morgan fingerprint density at radius 3 is 2.72 bits per heavy atom. The Hall–Kier alpha value is -1.71. The fourth-order valence-corrected chi connectivity index (χ4v) is 2.88. The third kappa shape index (κ3) is 1.82. The Morgan fingerprint density at radius 2 is 2.11 bits per heavy atom. The van der Waals surface area contributed by atoms with E-state index in [9.17, 15) is 14.4 Å². The smallest absolute Gasteiger partial charge is 0.303 e. The average molecular weight is 248 g/mol. The number of hydrogen-bond donors (Lipinski definition) is 0. The monoisotopic (exact) mass is 248 g/mol. The maximum absolute atomic E-state index is 12.3. The topological polar surface area (TPSA) is 60.4 Å². The van der Waals surface area contributed by atoms with Crippen LogP contribution < -0.4 is 0 Å². The van der Waals surface area contributed by atoms with E-state index in [1.54, 1.807) is 19.9 Å². The molecule has 0 aromatic carbocycles. The first-order chi connectivity index (χ1) is 8.36. The van der Waals surface area contributed by atoms with E-state index in [-0.39, 0.29) is 11.6 Å². The first-order valence-electron chi connectivity index (χ1n) is 5.97. The molecule has 0 fully saturated rings. The zero-order valence-corrected chi connectivity index (χ0v) is 10.7. The third-order valence-electron chi connectivity index (χ3n) is 3.73. The lowest BCUT2D eigenvalue weighted by Crippen LogP contribution is -2.51. The van der Waals surface area contributed by atoms with E-state index in [1.165, 1.54) is 13.0 Å². The van der Waals surface area contributed by atoms with E-state index in [0.29, 0.717) is 12.0 Å². The molecular formula is C14H16O4. The van der Waals surface area contributed by atoms with Gasteiger partial charge in [-0.25, -0.2) is 0 Å². The molecule has 0 aromatic heterocycles. The number of carbonyl (C=O) groups is 3. The Labute approximate surface area is 106 Å². The molecule has 18 heavy (non-hydrogen) atoms. The zero-order valence-electron chi connectivity index (χ0n) is 10.7. The van der Waals surface area contributed by atoms with Crippen LogP contribution in [0.4, 0.5) is 0 Å². The summed E-state index contributed by atoms with van der Waals surface area (Å²) in [5.41, 5.74) is -0.305. The van der Waals surface area contributed by atoms with Crippen molar-refractivity contribution in [1.82, 2.24) is 0 Å². The number of hydrogen-bond acceptors (Lipinski definition) is 4. The highest BCUT2D eigenvalue weighted by Gasteiger charge is 2.52.